The van der Waals surface area contributed by atoms with E-state index in [9.17, 15) is 9.18 Å². The van der Waals surface area contributed by atoms with Gasteiger partial charge in [-0.15, -0.1) is 0 Å². The van der Waals surface area contributed by atoms with Gasteiger partial charge in [0.1, 0.15) is 11.5 Å². The quantitative estimate of drug-likeness (QED) is 0.800. The lowest BCUT2D eigenvalue weighted by Gasteiger charge is -2.05. The first-order valence-corrected chi connectivity index (χ1v) is 6.59. The maximum atomic E-state index is 13.6. The Morgan fingerprint density at radius 2 is 2.10 bits per heavy atom. The lowest BCUT2D eigenvalue weighted by atomic mass is 10.1. The molecule has 4 nitrogen and oxygen atoms in total. The van der Waals surface area contributed by atoms with Crippen LogP contribution in [0, 0.1) is 5.82 Å². The molecule has 0 aliphatic heterocycles. The van der Waals surface area contributed by atoms with Gasteiger partial charge in [0, 0.05) is 10.4 Å². The van der Waals surface area contributed by atoms with Gasteiger partial charge < -0.3 is 9.84 Å². The van der Waals surface area contributed by atoms with E-state index < -0.39 is 5.82 Å². The zero-order chi connectivity index (χ0) is 14.8. The molecule has 0 aliphatic carbocycles. The molecule has 1 aromatic heterocycles. The van der Waals surface area contributed by atoms with E-state index >= 15 is 0 Å². The fourth-order valence-electron chi connectivity index (χ4n) is 2.00. The van der Waals surface area contributed by atoms with Crippen molar-refractivity contribution in [2.45, 2.75) is 6.42 Å². The van der Waals surface area contributed by atoms with Gasteiger partial charge in [0.15, 0.2) is 5.58 Å². The molecule has 0 saturated carbocycles. The van der Waals surface area contributed by atoms with Crippen LogP contribution in [0.3, 0.4) is 0 Å². The van der Waals surface area contributed by atoms with Crippen molar-refractivity contribution in [3.63, 3.8) is 0 Å². The predicted molar refractivity (Wildman–Crippen MR) is 77.8 cm³/mol. The van der Waals surface area contributed by atoms with E-state index in [1.165, 1.54) is 12.1 Å². The molecule has 0 atom stereocenters. The Balaban J connectivity index is 1.77. The molecule has 1 amide bonds. The summed E-state index contributed by atoms with van der Waals surface area (Å²) in [6, 6.07) is 11.3. The fourth-order valence-corrected chi connectivity index (χ4v) is 2.16. The second kappa shape index (κ2) is 5.54. The third-order valence-corrected chi connectivity index (χ3v) is 3.22. The number of amides is 1. The van der Waals surface area contributed by atoms with Crippen LogP contribution in [0.5, 0.6) is 0 Å². The van der Waals surface area contributed by atoms with E-state index in [1.54, 1.807) is 6.07 Å². The number of aromatic nitrogens is 1. The molecule has 1 N–H and O–H groups in total. The van der Waals surface area contributed by atoms with Crippen LogP contribution in [0.2, 0.25) is 5.02 Å². The van der Waals surface area contributed by atoms with Crippen molar-refractivity contribution in [3.05, 3.63) is 59.0 Å². The summed E-state index contributed by atoms with van der Waals surface area (Å²) in [4.78, 5) is 12.0. The first-order chi connectivity index (χ1) is 10.1. The molecule has 0 aliphatic rings. The highest BCUT2D eigenvalue weighted by molar-refractivity contribution is 6.30. The van der Waals surface area contributed by atoms with Crippen LogP contribution in [-0.4, -0.2) is 11.1 Å². The summed E-state index contributed by atoms with van der Waals surface area (Å²) in [7, 11) is 0. The molecule has 3 rings (SSSR count). The third-order valence-electron chi connectivity index (χ3n) is 2.99. The summed E-state index contributed by atoms with van der Waals surface area (Å²) in [6.45, 7) is 0. The molecular formula is C15H10ClFN2O2. The van der Waals surface area contributed by atoms with Gasteiger partial charge in [-0.05, 0) is 30.3 Å². The van der Waals surface area contributed by atoms with Crippen LogP contribution in [0.25, 0.3) is 11.0 Å². The summed E-state index contributed by atoms with van der Waals surface area (Å²) >= 11 is 5.66. The summed E-state index contributed by atoms with van der Waals surface area (Å²) in [5.41, 5.74) is 1.20. The first-order valence-electron chi connectivity index (χ1n) is 6.21. The molecule has 6 heteroatoms. The van der Waals surface area contributed by atoms with Crippen molar-refractivity contribution in [3.8, 4) is 0 Å². The Bertz CT molecular complexity index is 816. The van der Waals surface area contributed by atoms with Crippen molar-refractivity contribution in [2.75, 3.05) is 5.32 Å². The highest BCUT2D eigenvalue weighted by Crippen LogP contribution is 2.21. The maximum absolute atomic E-state index is 13.6. The number of carbonyl (C=O) groups is 1. The number of rotatable bonds is 3. The minimum Gasteiger partial charge on any atom is -0.356 e. The lowest BCUT2D eigenvalue weighted by Crippen LogP contribution is -2.15. The average Bonchev–Trinajstić information content (AvgIpc) is 2.85. The van der Waals surface area contributed by atoms with Crippen LogP contribution in [0.4, 0.5) is 10.1 Å². The topological polar surface area (TPSA) is 55.1 Å². The van der Waals surface area contributed by atoms with Gasteiger partial charge in [0.05, 0.1) is 12.1 Å². The van der Waals surface area contributed by atoms with Crippen LogP contribution < -0.4 is 5.32 Å². The molecule has 106 valence electrons. The van der Waals surface area contributed by atoms with E-state index in [0.29, 0.717) is 11.3 Å². The number of hydrogen-bond acceptors (Lipinski definition) is 3. The molecule has 0 radical (unpaired) electrons. The van der Waals surface area contributed by atoms with Crippen molar-refractivity contribution in [1.29, 1.82) is 0 Å². The number of nitrogens with one attached hydrogen (secondary N) is 1. The van der Waals surface area contributed by atoms with Crippen LogP contribution in [-0.2, 0) is 11.2 Å². The average molecular weight is 305 g/mol. The Labute approximate surface area is 124 Å². The number of fused-ring (bicyclic) bond motifs is 1. The number of halogens is 2. The summed E-state index contributed by atoms with van der Waals surface area (Å²) in [6.07, 6.45) is -0.000913. The van der Waals surface area contributed by atoms with Crippen LogP contribution in [0.15, 0.2) is 47.0 Å². The van der Waals surface area contributed by atoms with Gasteiger partial charge in [0.2, 0.25) is 5.91 Å². The Morgan fingerprint density at radius 1 is 1.29 bits per heavy atom. The molecule has 0 unspecified atom stereocenters. The SMILES string of the molecule is O=C(Cc1noc2ccccc12)Nc1ccc(Cl)cc1F. The van der Waals surface area contributed by atoms with Crippen molar-refractivity contribution >= 4 is 34.2 Å². The Hall–Kier alpha value is -2.40. The van der Waals surface area contributed by atoms with Crippen molar-refractivity contribution in [1.82, 2.24) is 5.16 Å². The third kappa shape index (κ3) is 2.87. The van der Waals surface area contributed by atoms with E-state index in [4.69, 9.17) is 16.1 Å². The van der Waals surface area contributed by atoms with Crippen LogP contribution in [0.1, 0.15) is 5.69 Å². The lowest BCUT2D eigenvalue weighted by molar-refractivity contribution is -0.115. The van der Waals surface area contributed by atoms with Gasteiger partial charge in [-0.25, -0.2) is 4.39 Å². The molecule has 0 saturated heterocycles. The highest BCUT2D eigenvalue weighted by Gasteiger charge is 2.13. The minimum atomic E-state index is -0.583. The monoisotopic (exact) mass is 304 g/mol. The van der Waals surface area contributed by atoms with Gasteiger partial charge in [-0.1, -0.05) is 28.9 Å². The number of carbonyl (C=O) groups excluding carboxylic acids is 1. The molecule has 0 spiro atoms. The summed E-state index contributed by atoms with van der Waals surface area (Å²) < 4.78 is 18.7. The Morgan fingerprint density at radius 3 is 2.90 bits per heavy atom. The normalized spacial score (nSPS) is 10.8. The summed E-state index contributed by atoms with van der Waals surface area (Å²) in [5.74, 6) is -0.962. The van der Waals surface area contributed by atoms with Gasteiger partial charge in [0.25, 0.3) is 0 Å². The maximum Gasteiger partial charge on any atom is 0.230 e. The summed E-state index contributed by atoms with van der Waals surface area (Å²) in [5, 5.41) is 7.39. The fraction of sp³-hybridized carbons (Fsp3) is 0.0667. The molecule has 2 aromatic carbocycles. The highest BCUT2D eigenvalue weighted by atomic mass is 35.5. The van der Waals surface area contributed by atoms with Gasteiger partial charge in [-0.2, -0.15) is 0 Å². The second-order valence-corrected chi connectivity index (χ2v) is 4.91. The minimum absolute atomic E-state index is 0.000913. The van der Waals surface area contributed by atoms with Crippen molar-refractivity contribution < 1.29 is 13.7 Å². The van der Waals surface area contributed by atoms with E-state index in [1.807, 2.05) is 18.2 Å². The molecule has 3 aromatic rings. The number of nitrogens with zero attached hydrogens (tertiary/aromatic N) is 1. The molecule has 1 heterocycles. The second-order valence-electron chi connectivity index (χ2n) is 4.47. The zero-order valence-electron chi connectivity index (χ0n) is 10.8. The number of para-hydroxylation sites is 1. The molecular weight excluding hydrogens is 295 g/mol. The van der Waals surface area contributed by atoms with Crippen molar-refractivity contribution in [2.24, 2.45) is 0 Å². The smallest absolute Gasteiger partial charge is 0.230 e. The predicted octanol–water partition coefficient (Wildman–Crippen LogP) is 3.80. The standard InChI is InChI=1S/C15H10ClFN2O2/c16-9-5-6-12(11(17)7-9)18-15(20)8-13-10-3-1-2-4-14(10)21-19-13/h1-7H,8H2,(H,18,20). The van der Waals surface area contributed by atoms with Crippen LogP contribution >= 0.6 is 11.6 Å². The number of anilines is 1. The molecule has 0 bridgehead atoms. The van der Waals surface area contributed by atoms with E-state index in [-0.39, 0.29) is 23.0 Å². The zero-order valence-corrected chi connectivity index (χ0v) is 11.5. The van der Waals surface area contributed by atoms with Gasteiger partial charge >= 0.3 is 0 Å². The van der Waals surface area contributed by atoms with Gasteiger partial charge in [-0.3, -0.25) is 4.79 Å². The number of benzene rings is 2. The largest absolute Gasteiger partial charge is 0.356 e. The first kappa shape index (κ1) is 13.6. The number of hydrogen-bond donors (Lipinski definition) is 1. The van der Waals surface area contributed by atoms with E-state index in [0.717, 1.165) is 11.5 Å². The Kier molecular flexibility index (Phi) is 3.58. The molecule has 21 heavy (non-hydrogen) atoms. The van der Waals surface area contributed by atoms with E-state index in [2.05, 4.69) is 10.5 Å². The molecule has 0 fully saturated rings.